The molecule has 0 aliphatic rings. The molecule has 0 heterocycles. The van der Waals surface area contributed by atoms with Gasteiger partial charge in [-0.05, 0) is 30.7 Å². The second-order valence-corrected chi connectivity index (χ2v) is 5.51. The molecule has 1 rings (SSSR count). The first-order chi connectivity index (χ1) is 8.95. The van der Waals surface area contributed by atoms with E-state index in [9.17, 15) is 13.2 Å². The van der Waals surface area contributed by atoms with Gasteiger partial charge in [-0.15, -0.1) is 0 Å². The molecule has 1 amide bonds. The number of ether oxygens (including phenoxy) is 1. The van der Waals surface area contributed by atoms with Crippen molar-refractivity contribution >= 4 is 16.1 Å². The zero-order valence-electron chi connectivity index (χ0n) is 10.3. The van der Waals surface area contributed by atoms with Crippen molar-refractivity contribution in [1.82, 2.24) is 4.72 Å². The smallest absolute Gasteiger partial charge is 0.404 e. The Labute approximate surface area is 112 Å². The van der Waals surface area contributed by atoms with Crippen LogP contribution in [0.1, 0.15) is 5.56 Å². The van der Waals surface area contributed by atoms with E-state index in [0.717, 1.165) is 5.56 Å². The van der Waals surface area contributed by atoms with Crippen molar-refractivity contribution in [2.24, 2.45) is 11.5 Å². The minimum absolute atomic E-state index is 0.0319. The summed E-state index contributed by atoms with van der Waals surface area (Å²) in [6.45, 7) is 0.366. The first-order valence-corrected chi connectivity index (χ1v) is 7.15. The Hall–Kier alpha value is -1.64. The van der Waals surface area contributed by atoms with Gasteiger partial charge in [0.05, 0.1) is 4.90 Å². The molecular formula is C11H17N3O4S. The second kappa shape index (κ2) is 7.07. The topological polar surface area (TPSA) is 125 Å². The van der Waals surface area contributed by atoms with Gasteiger partial charge in [-0.2, -0.15) is 0 Å². The summed E-state index contributed by atoms with van der Waals surface area (Å²) in [6, 6.07) is 6.42. The largest absolute Gasteiger partial charge is 0.448 e. The lowest BCUT2D eigenvalue weighted by Gasteiger charge is -2.07. The third-order valence-electron chi connectivity index (χ3n) is 2.31. The molecule has 0 unspecified atom stereocenters. The maximum atomic E-state index is 11.8. The first kappa shape index (κ1) is 15.4. The summed E-state index contributed by atoms with van der Waals surface area (Å²) in [5.74, 6) is 0. The molecule has 1 aromatic rings. The number of carbonyl (C=O) groups excluding carboxylic acids is 1. The SMILES string of the molecule is NCCc1ccc(S(=O)(=O)NCCOC(N)=O)cc1. The summed E-state index contributed by atoms with van der Waals surface area (Å²) < 4.78 is 30.4. The predicted octanol–water partition coefficient (Wildman–Crippen LogP) is -0.439. The molecule has 0 saturated heterocycles. The Morgan fingerprint density at radius 3 is 2.42 bits per heavy atom. The number of rotatable bonds is 7. The van der Waals surface area contributed by atoms with Gasteiger partial charge in [0, 0.05) is 6.54 Å². The fourth-order valence-electron chi connectivity index (χ4n) is 1.41. The Bertz CT molecular complexity index is 513. The van der Waals surface area contributed by atoms with Crippen LogP contribution in [0.3, 0.4) is 0 Å². The molecule has 0 aliphatic carbocycles. The summed E-state index contributed by atoms with van der Waals surface area (Å²) in [4.78, 5) is 10.5. The molecule has 0 spiro atoms. The van der Waals surface area contributed by atoms with E-state index in [1.165, 1.54) is 12.1 Å². The van der Waals surface area contributed by atoms with Gasteiger partial charge in [0.25, 0.3) is 0 Å². The van der Waals surface area contributed by atoms with E-state index in [4.69, 9.17) is 11.5 Å². The van der Waals surface area contributed by atoms with Crippen LogP contribution in [0.25, 0.3) is 0 Å². The normalized spacial score (nSPS) is 11.2. The van der Waals surface area contributed by atoms with E-state index in [2.05, 4.69) is 9.46 Å². The van der Waals surface area contributed by atoms with Crippen LogP contribution in [0.15, 0.2) is 29.2 Å². The zero-order valence-corrected chi connectivity index (χ0v) is 11.2. The maximum Gasteiger partial charge on any atom is 0.404 e. The van der Waals surface area contributed by atoms with Crippen molar-refractivity contribution in [2.45, 2.75) is 11.3 Å². The van der Waals surface area contributed by atoms with Gasteiger partial charge in [-0.1, -0.05) is 12.1 Å². The number of benzene rings is 1. The number of hydrogen-bond acceptors (Lipinski definition) is 5. The molecule has 0 atom stereocenters. The van der Waals surface area contributed by atoms with Crippen LogP contribution in [-0.2, 0) is 21.2 Å². The van der Waals surface area contributed by atoms with Crippen LogP contribution < -0.4 is 16.2 Å². The summed E-state index contributed by atoms with van der Waals surface area (Å²) >= 11 is 0. The number of carbonyl (C=O) groups is 1. The number of primary amides is 1. The van der Waals surface area contributed by atoms with Gasteiger partial charge in [0.2, 0.25) is 10.0 Å². The highest BCUT2D eigenvalue weighted by Crippen LogP contribution is 2.10. The summed E-state index contributed by atoms with van der Waals surface area (Å²) in [7, 11) is -3.60. The van der Waals surface area contributed by atoms with Crippen LogP contribution >= 0.6 is 0 Å². The molecule has 7 nitrogen and oxygen atoms in total. The number of nitrogens with one attached hydrogen (secondary N) is 1. The highest BCUT2D eigenvalue weighted by atomic mass is 32.2. The van der Waals surface area contributed by atoms with Gasteiger partial charge >= 0.3 is 6.09 Å². The molecule has 0 aliphatic heterocycles. The van der Waals surface area contributed by atoms with Gasteiger partial charge < -0.3 is 16.2 Å². The number of amides is 1. The average Bonchev–Trinajstić information content (AvgIpc) is 2.36. The molecule has 19 heavy (non-hydrogen) atoms. The van der Waals surface area contributed by atoms with E-state index in [1.54, 1.807) is 12.1 Å². The van der Waals surface area contributed by atoms with E-state index in [1.807, 2.05) is 0 Å². The van der Waals surface area contributed by atoms with Gasteiger partial charge in [0.1, 0.15) is 6.61 Å². The van der Waals surface area contributed by atoms with E-state index in [0.29, 0.717) is 13.0 Å². The fraction of sp³-hybridized carbons (Fsp3) is 0.364. The molecule has 0 aromatic heterocycles. The van der Waals surface area contributed by atoms with Gasteiger partial charge in [-0.25, -0.2) is 17.9 Å². The lowest BCUT2D eigenvalue weighted by Crippen LogP contribution is -2.29. The van der Waals surface area contributed by atoms with Crippen LogP contribution in [0.4, 0.5) is 4.79 Å². The van der Waals surface area contributed by atoms with Crippen molar-refractivity contribution in [1.29, 1.82) is 0 Å². The van der Waals surface area contributed by atoms with Crippen LogP contribution in [0.5, 0.6) is 0 Å². The molecule has 106 valence electrons. The van der Waals surface area contributed by atoms with Crippen molar-refractivity contribution in [3.63, 3.8) is 0 Å². The minimum Gasteiger partial charge on any atom is -0.448 e. The third kappa shape index (κ3) is 5.25. The molecule has 0 radical (unpaired) electrons. The van der Waals surface area contributed by atoms with E-state index < -0.39 is 16.1 Å². The van der Waals surface area contributed by atoms with Gasteiger partial charge in [-0.3, -0.25) is 0 Å². The summed E-state index contributed by atoms with van der Waals surface area (Å²) in [5, 5.41) is 0. The van der Waals surface area contributed by atoms with Crippen molar-refractivity contribution < 1.29 is 17.9 Å². The van der Waals surface area contributed by atoms with Crippen LogP contribution in [-0.4, -0.2) is 34.2 Å². The zero-order chi connectivity index (χ0) is 14.3. The second-order valence-electron chi connectivity index (χ2n) is 3.75. The monoisotopic (exact) mass is 287 g/mol. The van der Waals surface area contributed by atoms with Crippen LogP contribution in [0.2, 0.25) is 0 Å². The Morgan fingerprint density at radius 2 is 1.89 bits per heavy atom. The maximum absolute atomic E-state index is 11.8. The molecule has 8 heteroatoms. The van der Waals surface area contributed by atoms with Gasteiger partial charge in [0.15, 0.2) is 0 Å². The number of nitrogens with two attached hydrogens (primary N) is 2. The quantitative estimate of drug-likeness (QED) is 0.586. The molecule has 0 saturated carbocycles. The summed E-state index contributed by atoms with van der Waals surface area (Å²) in [5.41, 5.74) is 11.1. The lowest BCUT2D eigenvalue weighted by molar-refractivity contribution is 0.159. The van der Waals surface area contributed by atoms with Crippen LogP contribution in [0, 0.1) is 0 Å². The minimum atomic E-state index is -3.60. The van der Waals surface area contributed by atoms with E-state index in [-0.39, 0.29) is 18.0 Å². The Morgan fingerprint density at radius 1 is 1.26 bits per heavy atom. The van der Waals surface area contributed by atoms with E-state index >= 15 is 0 Å². The number of sulfonamides is 1. The third-order valence-corrected chi connectivity index (χ3v) is 3.78. The average molecular weight is 287 g/mol. The first-order valence-electron chi connectivity index (χ1n) is 5.66. The molecule has 0 fully saturated rings. The molecule has 0 bridgehead atoms. The van der Waals surface area contributed by atoms with Crippen molar-refractivity contribution in [3.05, 3.63) is 29.8 Å². The standard InChI is InChI=1S/C11H17N3O4S/c12-6-5-9-1-3-10(4-2-9)19(16,17)14-7-8-18-11(13)15/h1-4,14H,5-8,12H2,(H2,13,15). The number of hydrogen-bond donors (Lipinski definition) is 3. The lowest BCUT2D eigenvalue weighted by atomic mass is 10.2. The fourth-order valence-corrected chi connectivity index (χ4v) is 2.43. The Kier molecular flexibility index (Phi) is 5.74. The molecular weight excluding hydrogens is 270 g/mol. The predicted molar refractivity (Wildman–Crippen MR) is 69.9 cm³/mol. The highest BCUT2D eigenvalue weighted by Gasteiger charge is 2.13. The molecule has 5 N–H and O–H groups in total. The Balaban J connectivity index is 2.59. The van der Waals surface area contributed by atoms with Crippen molar-refractivity contribution in [3.8, 4) is 0 Å². The summed E-state index contributed by atoms with van der Waals surface area (Å²) in [6.07, 6.45) is -0.245. The highest BCUT2D eigenvalue weighted by molar-refractivity contribution is 7.89. The molecule has 1 aromatic carbocycles. The van der Waals surface area contributed by atoms with Crippen molar-refractivity contribution in [2.75, 3.05) is 19.7 Å².